The number of rotatable bonds is 8. The van der Waals surface area contributed by atoms with E-state index >= 15 is 0 Å². The van der Waals surface area contributed by atoms with Gasteiger partial charge in [-0.3, -0.25) is 0 Å². The highest BCUT2D eigenvalue weighted by atomic mass is 32.1. The average molecular weight is 384 g/mol. The van der Waals surface area contributed by atoms with Gasteiger partial charge < -0.3 is 15.8 Å². The van der Waals surface area contributed by atoms with Crippen LogP contribution in [0.5, 0.6) is 0 Å². The number of aryl methyl sites for hydroxylation is 1. The molecular weight excluding hydrogens is 366 g/mol. The monoisotopic (exact) mass is 384 g/mol. The van der Waals surface area contributed by atoms with E-state index in [-0.39, 0.29) is 6.61 Å². The molecule has 134 valence electrons. The Kier molecular flexibility index (Phi) is 5.89. The minimum Gasteiger partial charge on any atom is -0.378 e. The summed E-state index contributed by atoms with van der Waals surface area (Å²) in [6.45, 7) is -0.312. The third-order valence-electron chi connectivity index (χ3n) is 3.72. The topological polar surface area (TPSA) is 73.1 Å². The molecule has 0 bridgehead atoms. The lowest BCUT2D eigenvalue weighted by molar-refractivity contribution is -0.131. The molecule has 3 rings (SSSR count). The van der Waals surface area contributed by atoms with Crippen molar-refractivity contribution in [2.45, 2.75) is 32.5 Å². The van der Waals surface area contributed by atoms with Gasteiger partial charge in [-0.05, 0) is 30.4 Å². The zero-order chi connectivity index (χ0) is 17.8. The smallest absolute Gasteiger partial charge is 0.345 e. The number of nitrogens with one attached hydrogen (secondary N) is 1. The highest BCUT2D eigenvalue weighted by Gasteiger charge is 2.17. The lowest BCUT2D eigenvalue weighted by Crippen LogP contribution is -2.29. The molecule has 0 radical (unpaired) electrons. The number of fused-ring (bicyclic) bond motifs is 1. The van der Waals surface area contributed by atoms with Crippen LogP contribution in [0.2, 0.25) is 0 Å². The molecular formula is C16H18F2N4OS2. The molecule has 3 heterocycles. The van der Waals surface area contributed by atoms with E-state index in [1.807, 2.05) is 18.4 Å². The SMILES string of the molecule is Cc1c(C[C@@H](N)COC(F)F)sc2c(NCc3cccs3)cnnc12. The number of hydrogen-bond acceptors (Lipinski definition) is 7. The molecule has 0 aromatic carbocycles. The largest absolute Gasteiger partial charge is 0.378 e. The van der Waals surface area contributed by atoms with Crippen molar-refractivity contribution >= 4 is 38.6 Å². The molecule has 5 nitrogen and oxygen atoms in total. The minimum absolute atomic E-state index is 0.180. The fourth-order valence-corrected chi connectivity index (χ4v) is 4.43. The highest BCUT2D eigenvalue weighted by Crippen LogP contribution is 2.34. The van der Waals surface area contributed by atoms with Crippen molar-refractivity contribution in [1.82, 2.24) is 10.2 Å². The quantitative estimate of drug-likeness (QED) is 0.618. The summed E-state index contributed by atoms with van der Waals surface area (Å²) in [6.07, 6.45) is 2.17. The molecule has 1 atom stereocenters. The molecule has 0 fully saturated rings. The third-order valence-corrected chi connectivity index (χ3v) is 5.93. The Hall–Kier alpha value is -1.68. The van der Waals surface area contributed by atoms with Crippen LogP contribution in [0.4, 0.5) is 14.5 Å². The Bertz CT molecular complexity index is 823. The average Bonchev–Trinajstić information content (AvgIpc) is 3.21. The van der Waals surface area contributed by atoms with E-state index < -0.39 is 12.7 Å². The first-order chi connectivity index (χ1) is 12.0. The maximum Gasteiger partial charge on any atom is 0.345 e. The van der Waals surface area contributed by atoms with Crippen LogP contribution in [0.3, 0.4) is 0 Å². The first-order valence-corrected chi connectivity index (χ1v) is 9.39. The van der Waals surface area contributed by atoms with Crippen molar-refractivity contribution in [1.29, 1.82) is 0 Å². The van der Waals surface area contributed by atoms with Crippen molar-refractivity contribution in [2.24, 2.45) is 5.73 Å². The number of anilines is 1. The van der Waals surface area contributed by atoms with E-state index in [1.165, 1.54) is 4.88 Å². The number of hydrogen-bond donors (Lipinski definition) is 2. The molecule has 0 aliphatic heterocycles. The second kappa shape index (κ2) is 8.13. The van der Waals surface area contributed by atoms with Gasteiger partial charge in [0.1, 0.15) is 5.52 Å². The Labute approximate surface area is 151 Å². The van der Waals surface area contributed by atoms with Gasteiger partial charge in [0.15, 0.2) is 0 Å². The van der Waals surface area contributed by atoms with Crippen LogP contribution >= 0.6 is 22.7 Å². The van der Waals surface area contributed by atoms with E-state index in [2.05, 4.69) is 26.3 Å². The maximum atomic E-state index is 12.1. The zero-order valence-electron chi connectivity index (χ0n) is 13.5. The fourth-order valence-electron chi connectivity index (χ4n) is 2.47. The third kappa shape index (κ3) is 4.49. The summed E-state index contributed by atoms with van der Waals surface area (Å²) in [5.74, 6) is 0. The predicted molar refractivity (Wildman–Crippen MR) is 97.4 cm³/mol. The molecule has 0 unspecified atom stereocenters. The van der Waals surface area contributed by atoms with Crippen LogP contribution in [-0.2, 0) is 17.7 Å². The molecule has 3 aromatic heterocycles. The van der Waals surface area contributed by atoms with Gasteiger partial charge in [-0.2, -0.15) is 13.9 Å². The van der Waals surface area contributed by atoms with Crippen molar-refractivity contribution in [3.8, 4) is 0 Å². The summed E-state index contributed by atoms with van der Waals surface area (Å²) < 4.78 is 29.6. The maximum absolute atomic E-state index is 12.1. The molecule has 3 N–H and O–H groups in total. The minimum atomic E-state index is -2.80. The Morgan fingerprint density at radius 2 is 2.24 bits per heavy atom. The van der Waals surface area contributed by atoms with Crippen molar-refractivity contribution in [3.05, 3.63) is 39.0 Å². The van der Waals surface area contributed by atoms with Crippen LogP contribution in [0, 0.1) is 6.92 Å². The highest BCUT2D eigenvalue weighted by molar-refractivity contribution is 7.19. The summed E-state index contributed by atoms with van der Waals surface area (Å²) in [5, 5.41) is 13.7. The molecule has 9 heteroatoms. The van der Waals surface area contributed by atoms with Gasteiger partial charge in [0.05, 0.1) is 23.2 Å². The summed E-state index contributed by atoms with van der Waals surface area (Å²) in [5.41, 5.74) is 8.62. The number of alkyl halides is 2. The summed E-state index contributed by atoms with van der Waals surface area (Å²) in [6, 6.07) is 3.59. The van der Waals surface area contributed by atoms with Gasteiger partial charge in [0, 0.05) is 22.3 Å². The second-order valence-electron chi connectivity index (χ2n) is 5.58. The molecule has 0 spiro atoms. The van der Waals surface area contributed by atoms with Crippen LogP contribution in [0.1, 0.15) is 15.3 Å². The number of nitrogens with zero attached hydrogens (tertiary/aromatic N) is 2. The Balaban J connectivity index is 1.77. The molecule has 0 saturated heterocycles. The summed E-state index contributed by atoms with van der Waals surface area (Å²) in [4.78, 5) is 2.24. The first kappa shape index (κ1) is 18.1. The molecule has 0 saturated carbocycles. The van der Waals surface area contributed by atoms with Crippen molar-refractivity contribution in [3.63, 3.8) is 0 Å². The van der Waals surface area contributed by atoms with Gasteiger partial charge in [-0.25, -0.2) is 0 Å². The van der Waals surface area contributed by atoms with Gasteiger partial charge in [-0.1, -0.05) is 6.07 Å². The fraction of sp³-hybridized carbons (Fsp3) is 0.375. The Morgan fingerprint density at radius 1 is 1.40 bits per heavy atom. The van der Waals surface area contributed by atoms with E-state index in [0.717, 1.165) is 26.3 Å². The van der Waals surface area contributed by atoms with E-state index in [9.17, 15) is 8.78 Å². The number of halogens is 2. The molecule has 0 aliphatic carbocycles. The van der Waals surface area contributed by atoms with Gasteiger partial charge in [0.25, 0.3) is 0 Å². The number of aromatic nitrogens is 2. The van der Waals surface area contributed by atoms with Crippen molar-refractivity contribution < 1.29 is 13.5 Å². The van der Waals surface area contributed by atoms with E-state index in [4.69, 9.17) is 5.73 Å². The number of ether oxygens (including phenoxy) is 1. The summed E-state index contributed by atoms with van der Waals surface area (Å²) in [7, 11) is 0. The predicted octanol–water partition coefficient (Wildman–Crippen LogP) is 3.78. The number of nitrogens with two attached hydrogens (primary N) is 1. The standard InChI is InChI=1S/C16H18F2N4OS2/c1-9-13(5-10(19)8-23-16(17)18)25-15-12(7-21-22-14(9)15)20-6-11-3-2-4-24-11/h2-4,7,10,16H,5-6,8,19H2,1H3,(H,20,22)/t10-/m1/s1. The molecule has 25 heavy (non-hydrogen) atoms. The van der Waals surface area contributed by atoms with E-state index in [0.29, 0.717) is 13.0 Å². The molecule has 0 aliphatic rings. The number of thiophene rings is 2. The van der Waals surface area contributed by atoms with Gasteiger partial charge in [0.2, 0.25) is 0 Å². The molecule has 0 amide bonds. The van der Waals surface area contributed by atoms with Crippen LogP contribution in [0.15, 0.2) is 23.7 Å². The second-order valence-corrected chi connectivity index (χ2v) is 7.71. The van der Waals surface area contributed by atoms with Crippen LogP contribution in [-0.4, -0.2) is 29.5 Å². The van der Waals surface area contributed by atoms with E-state index in [1.54, 1.807) is 28.9 Å². The van der Waals surface area contributed by atoms with Gasteiger partial charge in [-0.15, -0.1) is 27.8 Å². The zero-order valence-corrected chi connectivity index (χ0v) is 15.2. The Morgan fingerprint density at radius 3 is 2.96 bits per heavy atom. The van der Waals surface area contributed by atoms with Gasteiger partial charge >= 0.3 is 6.61 Å². The van der Waals surface area contributed by atoms with Crippen molar-refractivity contribution in [2.75, 3.05) is 11.9 Å². The van der Waals surface area contributed by atoms with Crippen LogP contribution in [0.25, 0.3) is 10.2 Å². The normalized spacial score (nSPS) is 12.8. The summed E-state index contributed by atoms with van der Waals surface area (Å²) >= 11 is 3.25. The lowest BCUT2D eigenvalue weighted by atomic mass is 10.1. The molecule has 3 aromatic rings. The first-order valence-electron chi connectivity index (χ1n) is 7.70. The van der Waals surface area contributed by atoms with Crippen LogP contribution < -0.4 is 11.1 Å². The lowest BCUT2D eigenvalue weighted by Gasteiger charge is -2.10.